The van der Waals surface area contributed by atoms with Crippen molar-refractivity contribution < 1.29 is 14.7 Å². The Labute approximate surface area is 155 Å². The number of benzene rings is 1. The molecule has 3 amide bonds. The van der Waals surface area contributed by atoms with Crippen LogP contribution in [0.5, 0.6) is 0 Å². The number of amides is 3. The minimum absolute atomic E-state index is 0.000309. The lowest BCUT2D eigenvalue weighted by Gasteiger charge is -2.42. The molecule has 0 aromatic heterocycles. The first-order valence-electron chi connectivity index (χ1n) is 9.66. The number of rotatable bonds is 5. The zero-order valence-corrected chi connectivity index (χ0v) is 16.0. The Morgan fingerprint density at radius 2 is 1.85 bits per heavy atom. The smallest absolute Gasteiger partial charge is 0.325 e. The second-order valence-corrected chi connectivity index (χ2v) is 8.47. The third-order valence-electron chi connectivity index (χ3n) is 6.64. The highest BCUT2D eigenvalue weighted by Crippen LogP contribution is 2.45. The molecule has 1 heterocycles. The summed E-state index contributed by atoms with van der Waals surface area (Å²) in [6, 6.07) is 8.77. The first kappa shape index (κ1) is 18.9. The first-order valence-corrected chi connectivity index (χ1v) is 9.66. The number of aliphatic hydroxyl groups excluding tert-OH is 1. The molecule has 1 aliphatic carbocycles. The van der Waals surface area contributed by atoms with Crippen LogP contribution < -0.4 is 5.32 Å². The number of imide groups is 1. The van der Waals surface area contributed by atoms with Gasteiger partial charge in [-0.1, -0.05) is 57.5 Å². The van der Waals surface area contributed by atoms with Crippen molar-refractivity contribution >= 4 is 11.9 Å². The topological polar surface area (TPSA) is 69.6 Å². The number of carbonyl (C=O) groups excluding carboxylic acids is 2. The molecule has 2 N–H and O–H groups in total. The molecule has 2 aliphatic rings. The minimum Gasteiger partial charge on any atom is -0.387 e. The van der Waals surface area contributed by atoms with E-state index in [2.05, 4.69) is 26.1 Å². The van der Waals surface area contributed by atoms with Gasteiger partial charge in [0.25, 0.3) is 5.91 Å². The van der Waals surface area contributed by atoms with Crippen molar-refractivity contribution in [2.75, 3.05) is 6.54 Å². The minimum atomic E-state index is -0.864. The van der Waals surface area contributed by atoms with Crippen LogP contribution in [0.25, 0.3) is 0 Å². The molecule has 1 aromatic rings. The molecule has 1 atom stereocenters. The van der Waals surface area contributed by atoms with Gasteiger partial charge in [-0.25, -0.2) is 4.79 Å². The lowest BCUT2D eigenvalue weighted by molar-refractivity contribution is -0.134. The average molecular weight is 358 g/mol. The normalized spacial score (nSPS) is 27.7. The lowest BCUT2D eigenvalue weighted by atomic mass is 9.65. The van der Waals surface area contributed by atoms with E-state index in [0.717, 1.165) is 19.3 Å². The molecule has 142 valence electrons. The van der Waals surface area contributed by atoms with Gasteiger partial charge in [0, 0.05) is 0 Å². The third kappa shape index (κ3) is 3.37. The van der Waals surface area contributed by atoms with E-state index in [4.69, 9.17) is 0 Å². The molecule has 0 radical (unpaired) electrons. The van der Waals surface area contributed by atoms with Crippen LogP contribution in [0.4, 0.5) is 4.79 Å². The van der Waals surface area contributed by atoms with Gasteiger partial charge >= 0.3 is 6.03 Å². The molecule has 1 saturated carbocycles. The largest absolute Gasteiger partial charge is 0.387 e. The molecule has 5 heteroatoms. The number of nitrogens with zero attached hydrogens (tertiary/aromatic N) is 1. The lowest BCUT2D eigenvalue weighted by Crippen LogP contribution is -2.51. The van der Waals surface area contributed by atoms with Crippen LogP contribution in [0.15, 0.2) is 30.3 Å². The zero-order chi connectivity index (χ0) is 18.9. The number of aliphatic hydroxyl groups is 1. The number of nitrogens with one attached hydrogen (secondary N) is 1. The van der Waals surface area contributed by atoms with Gasteiger partial charge in [-0.2, -0.15) is 0 Å². The number of hydrogen-bond acceptors (Lipinski definition) is 3. The molecule has 26 heavy (non-hydrogen) atoms. The fourth-order valence-electron chi connectivity index (χ4n) is 4.32. The Morgan fingerprint density at radius 3 is 2.42 bits per heavy atom. The second-order valence-electron chi connectivity index (χ2n) is 8.47. The van der Waals surface area contributed by atoms with Gasteiger partial charge in [0.05, 0.1) is 12.6 Å². The van der Waals surface area contributed by atoms with Crippen molar-refractivity contribution in [3.63, 3.8) is 0 Å². The van der Waals surface area contributed by atoms with Gasteiger partial charge in [0.15, 0.2) is 0 Å². The van der Waals surface area contributed by atoms with E-state index < -0.39 is 11.6 Å². The van der Waals surface area contributed by atoms with Crippen LogP contribution in [-0.2, 0) is 4.79 Å². The van der Waals surface area contributed by atoms with Gasteiger partial charge in [-0.3, -0.25) is 9.69 Å². The van der Waals surface area contributed by atoms with Gasteiger partial charge in [-0.15, -0.1) is 0 Å². The van der Waals surface area contributed by atoms with Crippen LogP contribution in [0.1, 0.15) is 64.5 Å². The Bertz CT molecular complexity index is 663. The van der Waals surface area contributed by atoms with Crippen LogP contribution in [-0.4, -0.2) is 34.0 Å². The molecule has 1 unspecified atom stereocenters. The highest BCUT2D eigenvalue weighted by Gasteiger charge is 2.53. The Morgan fingerprint density at radius 1 is 1.23 bits per heavy atom. The van der Waals surface area contributed by atoms with Crippen LogP contribution in [0, 0.1) is 11.3 Å². The highest BCUT2D eigenvalue weighted by atomic mass is 16.3. The first-order chi connectivity index (χ1) is 12.3. The summed E-state index contributed by atoms with van der Waals surface area (Å²) < 4.78 is 0. The number of hydrogen-bond donors (Lipinski definition) is 2. The molecular weight excluding hydrogens is 328 g/mol. The Hall–Kier alpha value is -1.88. The highest BCUT2D eigenvalue weighted by molar-refractivity contribution is 6.07. The maximum Gasteiger partial charge on any atom is 0.325 e. The summed E-state index contributed by atoms with van der Waals surface area (Å²) in [6.45, 7) is 6.78. The summed E-state index contributed by atoms with van der Waals surface area (Å²) in [7, 11) is 0. The van der Waals surface area contributed by atoms with Gasteiger partial charge in [-0.05, 0) is 42.6 Å². The van der Waals surface area contributed by atoms with E-state index >= 15 is 0 Å². The van der Waals surface area contributed by atoms with Crippen molar-refractivity contribution in [1.29, 1.82) is 0 Å². The maximum absolute atomic E-state index is 13.0. The fraction of sp³-hybridized carbons (Fsp3) is 0.619. The Balaban J connectivity index is 1.68. The summed E-state index contributed by atoms with van der Waals surface area (Å²) in [6.07, 6.45) is 3.51. The molecule has 2 fully saturated rings. The number of carbonyl (C=O) groups is 2. The number of urea groups is 1. The monoisotopic (exact) mass is 358 g/mol. The molecular formula is C21H30N2O3. The summed E-state index contributed by atoms with van der Waals surface area (Å²) >= 11 is 0. The van der Waals surface area contributed by atoms with Gasteiger partial charge in [0.2, 0.25) is 0 Å². The molecule has 1 aromatic carbocycles. The molecule has 5 nitrogen and oxygen atoms in total. The van der Waals surface area contributed by atoms with Crippen molar-refractivity contribution in [3.8, 4) is 0 Å². The maximum atomic E-state index is 13.0. The molecule has 1 saturated heterocycles. The van der Waals surface area contributed by atoms with E-state index in [0.29, 0.717) is 24.3 Å². The average Bonchev–Trinajstić information content (AvgIpc) is 2.87. The van der Waals surface area contributed by atoms with E-state index in [-0.39, 0.29) is 23.9 Å². The van der Waals surface area contributed by atoms with E-state index in [1.165, 1.54) is 4.90 Å². The molecule has 3 rings (SSSR count). The summed E-state index contributed by atoms with van der Waals surface area (Å²) in [5.74, 6) is 0.400. The quantitative estimate of drug-likeness (QED) is 0.790. The predicted molar refractivity (Wildman–Crippen MR) is 100 cm³/mol. The second kappa shape index (κ2) is 7.03. The van der Waals surface area contributed by atoms with E-state index in [1.54, 1.807) is 12.1 Å². The van der Waals surface area contributed by atoms with Crippen molar-refractivity contribution in [2.24, 2.45) is 11.3 Å². The zero-order valence-electron chi connectivity index (χ0n) is 16.0. The van der Waals surface area contributed by atoms with Gasteiger partial charge < -0.3 is 10.4 Å². The van der Waals surface area contributed by atoms with Gasteiger partial charge in [0.1, 0.15) is 5.54 Å². The molecule has 1 aliphatic heterocycles. The van der Waals surface area contributed by atoms with E-state index in [1.807, 2.05) is 18.2 Å². The summed E-state index contributed by atoms with van der Waals surface area (Å²) in [5.41, 5.74) is 0.201. The standard InChI is InChI=1S/C21H30N2O3/c1-4-20(2,3)16-10-12-21(13-11-16)18(25)23(19(26)22-21)14-17(24)15-8-6-5-7-9-15/h5-9,16-17,24H,4,10-14H2,1-3H3,(H,22,26). The van der Waals surface area contributed by atoms with Crippen LogP contribution >= 0.6 is 0 Å². The fourth-order valence-corrected chi connectivity index (χ4v) is 4.32. The van der Waals surface area contributed by atoms with Crippen molar-refractivity contribution in [2.45, 2.75) is 64.5 Å². The van der Waals surface area contributed by atoms with Crippen LogP contribution in [0.2, 0.25) is 0 Å². The Kier molecular flexibility index (Phi) is 5.11. The van der Waals surface area contributed by atoms with E-state index in [9.17, 15) is 14.7 Å². The number of β-amino-alcohol motifs (C(OH)–C–C–N with tert-alkyl or cyclic N) is 1. The third-order valence-corrected chi connectivity index (χ3v) is 6.64. The molecule has 1 spiro atoms. The molecule has 0 bridgehead atoms. The summed E-state index contributed by atoms with van der Waals surface area (Å²) in [5, 5.41) is 13.4. The van der Waals surface area contributed by atoms with Crippen LogP contribution in [0.3, 0.4) is 0 Å². The van der Waals surface area contributed by atoms with Crippen molar-refractivity contribution in [3.05, 3.63) is 35.9 Å². The predicted octanol–water partition coefficient (Wildman–Crippen LogP) is 3.64. The summed E-state index contributed by atoms with van der Waals surface area (Å²) in [4.78, 5) is 26.7. The van der Waals surface area contributed by atoms with Crippen molar-refractivity contribution in [1.82, 2.24) is 10.2 Å². The SMILES string of the molecule is CCC(C)(C)C1CCC2(CC1)NC(=O)N(CC(O)c1ccccc1)C2=O.